The average Bonchev–Trinajstić information content (AvgIpc) is 3.24. The van der Waals surface area contributed by atoms with Crippen LogP contribution in [-0.2, 0) is 6.54 Å². The number of pyridine rings is 1. The largest absolute Gasteiger partial charge is 0.497 e. The molecule has 0 spiro atoms. The van der Waals surface area contributed by atoms with Gasteiger partial charge in [-0.3, -0.25) is 4.90 Å². The van der Waals surface area contributed by atoms with Gasteiger partial charge in [0.1, 0.15) is 11.6 Å². The molecule has 3 heterocycles. The van der Waals surface area contributed by atoms with Gasteiger partial charge in [0.25, 0.3) is 0 Å². The highest BCUT2D eigenvalue weighted by Crippen LogP contribution is 2.23. The molecule has 1 fully saturated rings. The van der Waals surface area contributed by atoms with Crippen molar-refractivity contribution in [2.24, 2.45) is 0 Å². The minimum atomic E-state index is 0.668. The van der Waals surface area contributed by atoms with Crippen LogP contribution in [-0.4, -0.2) is 53.0 Å². The second kappa shape index (κ2) is 7.98. The van der Waals surface area contributed by atoms with Gasteiger partial charge in [-0.1, -0.05) is 11.6 Å². The van der Waals surface area contributed by atoms with Crippen LogP contribution in [0, 0.1) is 0 Å². The molecule has 0 N–H and O–H groups in total. The molecule has 4 rings (SSSR count). The number of ether oxygens (including phenoxy) is 1. The fourth-order valence-electron chi connectivity index (χ4n) is 3.38. The Morgan fingerprint density at radius 1 is 1.11 bits per heavy atom. The second-order valence-corrected chi connectivity index (χ2v) is 6.98. The molecule has 0 bridgehead atoms. The van der Waals surface area contributed by atoms with E-state index < -0.39 is 0 Å². The van der Waals surface area contributed by atoms with Crippen molar-refractivity contribution in [3.05, 3.63) is 65.6 Å². The molecular formula is C20H22ClN5O. The molecule has 0 aliphatic carbocycles. The van der Waals surface area contributed by atoms with E-state index in [-0.39, 0.29) is 0 Å². The number of hydrogen-bond acceptors (Lipinski definition) is 5. The maximum absolute atomic E-state index is 5.94. The first-order chi connectivity index (χ1) is 13.2. The Kier molecular flexibility index (Phi) is 5.27. The third kappa shape index (κ3) is 4.07. The van der Waals surface area contributed by atoms with Gasteiger partial charge in [-0.05, 0) is 42.0 Å². The van der Waals surface area contributed by atoms with E-state index in [2.05, 4.69) is 32.0 Å². The number of nitrogens with zero attached hydrogens (tertiary/aromatic N) is 5. The first-order valence-corrected chi connectivity index (χ1v) is 9.36. The van der Waals surface area contributed by atoms with Crippen LogP contribution in [0.2, 0.25) is 5.02 Å². The SMILES string of the molecule is COc1ccc(-n2cccn2)c(CN2CCN(c3ccc(Cl)cn3)CC2)c1. The molecule has 0 saturated carbocycles. The van der Waals surface area contributed by atoms with Crippen molar-refractivity contribution in [3.63, 3.8) is 0 Å². The molecule has 2 aromatic heterocycles. The predicted octanol–water partition coefficient (Wildman–Crippen LogP) is 3.25. The number of rotatable bonds is 5. The molecular weight excluding hydrogens is 362 g/mol. The van der Waals surface area contributed by atoms with Crippen LogP contribution in [0.5, 0.6) is 5.75 Å². The van der Waals surface area contributed by atoms with Gasteiger partial charge in [-0.25, -0.2) is 9.67 Å². The molecule has 1 aromatic carbocycles. The highest BCUT2D eigenvalue weighted by molar-refractivity contribution is 6.30. The summed E-state index contributed by atoms with van der Waals surface area (Å²) in [6.45, 7) is 4.68. The highest BCUT2D eigenvalue weighted by Gasteiger charge is 2.19. The zero-order valence-corrected chi connectivity index (χ0v) is 16.0. The lowest BCUT2D eigenvalue weighted by Crippen LogP contribution is -2.46. The van der Waals surface area contributed by atoms with Gasteiger partial charge in [0, 0.05) is 51.3 Å². The lowest BCUT2D eigenvalue weighted by molar-refractivity contribution is 0.248. The van der Waals surface area contributed by atoms with Crippen molar-refractivity contribution < 1.29 is 4.74 Å². The van der Waals surface area contributed by atoms with Crippen LogP contribution in [0.4, 0.5) is 5.82 Å². The van der Waals surface area contributed by atoms with Crippen molar-refractivity contribution in [3.8, 4) is 11.4 Å². The van der Waals surface area contributed by atoms with Crippen molar-refractivity contribution in [2.45, 2.75) is 6.54 Å². The lowest BCUT2D eigenvalue weighted by Gasteiger charge is -2.35. The summed E-state index contributed by atoms with van der Waals surface area (Å²) in [5, 5.41) is 5.05. The van der Waals surface area contributed by atoms with Crippen LogP contribution in [0.25, 0.3) is 5.69 Å². The summed E-state index contributed by atoms with van der Waals surface area (Å²) in [6, 6.07) is 12.0. The maximum Gasteiger partial charge on any atom is 0.128 e. The van der Waals surface area contributed by atoms with Gasteiger partial charge in [0.2, 0.25) is 0 Å². The van der Waals surface area contributed by atoms with E-state index >= 15 is 0 Å². The number of hydrogen-bond donors (Lipinski definition) is 0. The zero-order valence-electron chi connectivity index (χ0n) is 15.3. The summed E-state index contributed by atoms with van der Waals surface area (Å²) in [6.07, 6.45) is 5.47. The van der Waals surface area contributed by atoms with Gasteiger partial charge in [-0.15, -0.1) is 0 Å². The minimum Gasteiger partial charge on any atom is -0.497 e. The topological polar surface area (TPSA) is 46.4 Å². The average molecular weight is 384 g/mol. The molecule has 1 aliphatic heterocycles. The van der Waals surface area contributed by atoms with E-state index in [1.165, 1.54) is 5.56 Å². The standard InChI is InChI=1S/C20H22ClN5O/c1-27-18-4-5-19(26-8-2-7-23-26)16(13-18)15-24-9-11-25(12-10-24)20-6-3-17(21)14-22-20/h2-8,13-14H,9-12,15H2,1H3. The molecule has 27 heavy (non-hydrogen) atoms. The van der Waals surface area contributed by atoms with Crippen LogP contribution >= 0.6 is 11.6 Å². The third-order valence-corrected chi connectivity index (χ3v) is 5.06. The normalized spacial score (nSPS) is 15.1. The summed E-state index contributed by atoms with van der Waals surface area (Å²) in [5.41, 5.74) is 2.29. The smallest absolute Gasteiger partial charge is 0.128 e. The quantitative estimate of drug-likeness (QED) is 0.676. The first-order valence-electron chi connectivity index (χ1n) is 8.99. The third-order valence-electron chi connectivity index (χ3n) is 4.84. The molecule has 0 unspecified atom stereocenters. The molecule has 7 heteroatoms. The summed E-state index contributed by atoms with van der Waals surface area (Å²) in [5.74, 6) is 1.85. The molecule has 0 radical (unpaired) electrons. The molecule has 0 atom stereocenters. The van der Waals surface area contributed by atoms with E-state index in [4.69, 9.17) is 16.3 Å². The zero-order chi connectivity index (χ0) is 18.6. The monoisotopic (exact) mass is 383 g/mol. The Balaban J connectivity index is 1.46. The lowest BCUT2D eigenvalue weighted by atomic mass is 10.1. The van der Waals surface area contributed by atoms with Crippen LogP contribution in [0.1, 0.15) is 5.56 Å². The van der Waals surface area contributed by atoms with Crippen molar-refractivity contribution >= 4 is 17.4 Å². The number of anilines is 1. The van der Waals surface area contributed by atoms with Crippen LogP contribution < -0.4 is 9.64 Å². The summed E-state index contributed by atoms with van der Waals surface area (Å²) < 4.78 is 7.33. The van der Waals surface area contributed by atoms with E-state index in [0.717, 1.165) is 50.0 Å². The Labute approximate surface area is 163 Å². The number of halogens is 1. The Morgan fingerprint density at radius 2 is 1.96 bits per heavy atom. The van der Waals surface area contributed by atoms with E-state index in [1.807, 2.05) is 35.1 Å². The molecule has 6 nitrogen and oxygen atoms in total. The van der Waals surface area contributed by atoms with Gasteiger partial charge < -0.3 is 9.64 Å². The number of piperazine rings is 1. The molecule has 140 valence electrons. The van der Waals surface area contributed by atoms with E-state index in [9.17, 15) is 0 Å². The maximum atomic E-state index is 5.94. The highest BCUT2D eigenvalue weighted by atomic mass is 35.5. The minimum absolute atomic E-state index is 0.668. The van der Waals surface area contributed by atoms with Crippen LogP contribution in [0.3, 0.4) is 0 Å². The predicted molar refractivity (Wildman–Crippen MR) is 107 cm³/mol. The second-order valence-electron chi connectivity index (χ2n) is 6.54. The molecule has 1 aliphatic rings. The van der Waals surface area contributed by atoms with Crippen molar-refractivity contribution in [1.29, 1.82) is 0 Å². The van der Waals surface area contributed by atoms with E-state index in [1.54, 1.807) is 19.5 Å². The number of methoxy groups -OCH3 is 1. The van der Waals surface area contributed by atoms with Crippen molar-refractivity contribution in [1.82, 2.24) is 19.7 Å². The Morgan fingerprint density at radius 3 is 2.63 bits per heavy atom. The molecule has 3 aromatic rings. The van der Waals surface area contributed by atoms with Gasteiger partial charge in [-0.2, -0.15) is 5.10 Å². The van der Waals surface area contributed by atoms with E-state index in [0.29, 0.717) is 5.02 Å². The van der Waals surface area contributed by atoms with Crippen LogP contribution in [0.15, 0.2) is 55.0 Å². The van der Waals surface area contributed by atoms with Gasteiger partial charge in [0.05, 0.1) is 17.8 Å². The van der Waals surface area contributed by atoms with Gasteiger partial charge >= 0.3 is 0 Å². The number of benzene rings is 1. The molecule has 0 amide bonds. The summed E-state index contributed by atoms with van der Waals surface area (Å²) in [4.78, 5) is 9.18. The molecule has 1 saturated heterocycles. The number of aromatic nitrogens is 3. The summed E-state index contributed by atoms with van der Waals surface area (Å²) in [7, 11) is 1.70. The Hall–Kier alpha value is -2.57. The Bertz CT molecular complexity index is 874. The fourth-order valence-corrected chi connectivity index (χ4v) is 3.49. The van der Waals surface area contributed by atoms with Crippen molar-refractivity contribution in [2.75, 3.05) is 38.2 Å². The van der Waals surface area contributed by atoms with Gasteiger partial charge in [0.15, 0.2) is 0 Å². The first kappa shape index (κ1) is 17.8. The fraction of sp³-hybridized carbons (Fsp3) is 0.300. The summed E-state index contributed by atoms with van der Waals surface area (Å²) >= 11 is 5.94.